The average molecular weight is 364 g/mol. The van der Waals surface area contributed by atoms with Gasteiger partial charge in [-0.25, -0.2) is 0 Å². The first-order chi connectivity index (χ1) is 12.0. The van der Waals surface area contributed by atoms with Crippen LogP contribution in [0.2, 0.25) is 0 Å². The Labute approximate surface area is 156 Å². The third-order valence-electron chi connectivity index (χ3n) is 4.69. The topological polar surface area (TPSA) is 94.8 Å². The predicted octanol–water partition coefficient (Wildman–Crippen LogP) is 3.42. The van der Waals surface area contributed by atoms with Crippen molar-refractivity contribution >= 4 is 11.6 Å². The molecule has 5 heteroatoms. The second-order valence-corrected chi connectivity index (χ2v) is 7.85. The Morgan fingerprint density at radius 3 is 2.35 bits per heavy atom. The second-order valence-electron chi connectivity index (χ2n) is 7.85. The van der Waals surface area contributed by atoms with E-state index < -0.39 is 28.8 Å². The lowest BCUT2D eigenvalue weighted by atomic mass is 9.82. The van der Waals surface area contributed by atoms with Crippen molar-refractivity contribution in [3.8, 4) is 0 Å². The van der Waals surface area contributed by atoms with Crippen molar-refractivity contribution in [1.29, 1.82) is 0 Å². The summed E-state index contributed by atoms with van der Waals surface area (Å²) in [5, 5.41) is 30.8. The van der Waals surface area contributed by atoms with Gasteiger partial charge in [0.1, 0.15) is 16.9 Å². The molecule has 146 valence electrons. The first-order valence-corrected chi connectivity index (χ1v) is 9.17. The molecule has 0 aromatic carbocycles. The fourth-order valence-electron chi connectivity index (χ4n) is 3.18. The van der Waals surface area contributed by atoms with Crippen LogP contribution in [-0.2, 0) is 9.59 Å². The Morgan fingerprint density at radius 1 is 1.23 bits per heavy atom. The van der Waals surface area contributed by atoms with Crippen LogP contribution < -0.4 is 0 Å². The third kappa shape index (κ3) is 5.15. The van der Waals surface area contributed by atoms with Crippen LogP contribution in [0.4, 0.5) is 0 Å². The number of allylic oxidation sites excluding steroid dienone is 4. The van der Waals surface area contributed by atoms with E-state index >= 15 is 0 Å². The highest BCUT2D eigenvalue weighted by molar-refractivity contribution is 6.23. The molecule has 0 amide bonds. The normalized spacial score (nSPS) is 23.8. The first kappa shape index (κ1) is 22.3. The second kappa shape index (κ2) is 9.28. The van der Waals surface area contributed by atoms with Crippen LogP contribution in [-0.4, -0.2) is 39.1 Å². The number of aliphatic hydroxyl groups is 3. The van der Waals surface area contributed by atoms with Crippen molar-refractivity contribution < 1.29 is 24.9 Å². The van der Waals surface area contributed by atoms with Gasteiger partial charge in [0.15, 0.2) is 11.6 Å². The van der Waals surface area contributed by atoms with Gasteiger partial charge in [-0.3, -0.25) is 9.59 Å². The number of hydrogen-bond donors (Lipinski definition) is 3. The molecule has 0 aliphatic heterocycles. The molecule has 0 aromatic heterocycles. The van der Waals surface area contributed by atoms with Crippen molar-refractivity contribution in [2.75, 3.05) is 6.61 Å². The molecule has 2 atom stereocenters. The van der Waals surface area contributed by atoms with Crippen LogP contribution in [0.5, 0.6) is 0 Å². The Hall–Kier alpha value is -1.72. The molecule has 1 rings (SSSR count). The van der Waals surface area contributed by atoms with E-state index in [1.807, 2.05) is 33.8 Å². The predicted molar refractivity (Wildman–Crippen MR) is 102 cm³/mol. The largest absolute Gasteiger partial charge is 0.508 e. The molecule has 0 bridgehead atoms. The lowest BCUT2D eigenvalue weighted by molar-refractivity contribution is -0.126. The smallest absolute Gasteiger partial charge is 0.176 e. The van der Waals surface area contributed by atoms with Crippen molar-refractivity contribution in [1.82, 2.24) is 0 Å². The van der Waals surface area contributed by atoms with Gasteiger partial charge in [0, 0.05) is 6.42 Å². The number of aliphatic hydroxyl groups excluding tert-OH is 2. The summed E-state index contributed by atoms with van der Waals surface area (Å²) in [5.41, 5.74) is -0.246. The zero-order valence-electron chi connectivity index (χ0n) is 16.5. The van der Waals surface area contributed by atoms with Gasteiger partial charge in [-0.2, -0.15) is 0 Å². The van der Waals surface area contributed by atoms with Gasteiger partial charge in [-0.1, -0.05) is 37.1 Å². The van der Waals surface area contributed by atoms with Gasteiger partial charge < -0.3 is 15.3 Å². The number of hydrogen-bond acceptors (Lipinski definition) is 5. The molecular formula is C21H32O5. The SMILES string of the molecule is CC(C)=CC[C@H]1C(=O)C(C(=O)CC(C)C)=C(O)[C@]1(O)CCC=C(C)CO. The van der Waals surface area contributed by atoms with E-state index in [1.54, 1.807) is 13.0 Å². The summed E-state index contributed by atoms with van der Waals surface area (Å²) in [6, 6.07) is 0. The molecule has 0 heterocycles. The molecule has 0 saturated carbocycles. The fraction of sp³-hybridized carbons (Fsp3) is 0.619. The summed E-state index contributed by atoms with van der Waals surface area (Å²) < 4.78 is 0. The molecule has 0 unspecified atom stereocenters. The summed E-state index contributed by atoms with van der Waals surface area (Å²) in [5.74, 6) is -2.20. The highest BCUT2D eigenvalue weighted by Crippen LogP contribution is 2.43. The van der Waals surface area contributed by atoms with E-state index in [4.69, 9.17) is 5.11 Å². The molecule has 1 aliphatic carbocycles. The van der Waals surface area contributed by atoms with Crippen LogP contribution in [0, 0.1) is 11.8 Å². The first-order valence-electron chi connectivity index (χ1n) is 9.17. The molecule has 0 saturated heterocycles. The van der Waals surface area contributed by atoms with Crippen LogP contribution in [0.25, 0.3) is 0 Å². The molecule has 0 radical (unpaired) electrons. The Kier molecular flexibility index (Phi) is 7.97. The summed E-state index contributed by atoms with van der Waals surface area (Å²) in [7, 11) is 0. The maximum atomic E-state index is 12.8. The van der Waals surface area contributed by atoms with Gasteiger partial charge in [0.05, 0.1) is 12.5 Å². The standard InChI is InChI=1S/C21H32O5/c1-13(2)8-9-16-19(24)18(17(23)11-14(3)4)20(25)21(16,26)10-6-7-15(5)12-22/h7-8,14,16,22,25-26H,6,9-12H2,1-5H3/t16-,21-/m0/s1. The zero-order chi connectivity index (χ0) is 20.1. The number of rotatable bonds is 9. The van der Waals surface area contributed by atoms with E-state index in [-0.39, 0.29) is 37.4 Å². The van der Waals surface area contributed by atoms with E-state index in [1.165, 1.54) is 0 Å². The van der Waals surface area contributed by atoms with E-state index in [9.17, 15) is 19.8 Å². The highest BCUT2D eigenvalue weighted by atomic mass is 16.3. The summed E-state index contributed by atoms with van der Waals surface area (Å²) >= 11 is 0. The number of carbonyl (C=O) groups is 2. The minimum Gasteiger partial charge on any atom is -0.508 e. The lowest BCUT2D eigenvalue weighted by Crippen LogP contribution is -2.38. The fourth-order valence-corrected chi connectivity index (χ4v) is 3.18. The summed E-state index contributed by atoms with van der Waals surface area (Å²) in [6.07, 6.45) is 4.52. The third-order valence-corrected chi connectivity index (χ3v) is 4.69. The van der Waals surface area contributed by atoms with Crippen LogP contribution in [0.15, 0.2) is 34.6 Å². The Morgan fingerprint density at radius 2 is 1.85 bits per heavy atom. The summed E-state index contributed by atoms with van der Waals surface area (Å²) in [6.45, 7) is 9.19. The van der Waals surface area contributed by atoms with E-state index in [0.717, 1.165) is 11.1 Å². The molecule has 5 nitrogen and oxygen atoms in total. The van der Waals surface area contributed by atoms with Crippen LogP contribution >= 0.6 is 0 Å². The van der Waals surface area contributed by atoms with E-state index in [2.05, 4.69) is 0 Å². The van der Waals surface area contributed by atoms with Crippen molar-refractivity contribution in [2.24, 2.45) is 11.8 Å². The van der Waals surface area contributed by atoms with Crippen LogP contribution in [0.1, 0.15) is 60.3 Å². The van der Waals surface area contributed by atoms with Crippen molar-refractivity contribution in [3.63, 3.8) is 0 Å². The van der Waals surface area contributed by atoms with Gasteiger partial charge >= 0.3 is 0 Å². The highest BCUT2D eigenvalue weighted by Gasteiger charge is 2.53. The van der Waals surface area contributed by atoms with Gasteiger partial charge in [0.25, 0.3) is 0 Å². The molecule has 26 heavy (non-hydrogen) atoms. The molecular weight excluding hydrogens is 332 g/mol. The molecule has 1 aliphatic rings. The van der Waals surface area contributed by atoms with Gasteiger partial charge in [-0.05, 0) is 46.0 Å². The molecule has 0 fully saturated rings. The molecule has 3 N–H and O–H groups in total. The Balaban J connectivity index is 3.23. The molecule has 0 aromatic rings. The van der Waals surface area contributed by atoms with E-state index in [0.29, 0.717) is 6.42 Å². The monoisotopic (exact) mass is 364 g/mol. The number of carbonyl (C=O) groups excluding carboxylic acids is 2. The number of ketones is 2. The number of Topliss-reactive ketones (excluding diaryl/α,β-unsaturated/α-hetero) is 2. The minimum absolute atomic E-state index is 0.0515. The van der Waals surface area contributed by atoms with Gasteiger partial charge in [-0.15, -0.1) is 0 Å². The van der Waals surface area contributed by atoms with Crippen LogP contribution in [0.3, 0.4) is 0 Å². The minimum atomic E-state index is -1.75. The summed E-state index contributed by atoms with van der Waals surface area (Å²) in [4.78, 5) is 25.3. The lowest BCUT2D eigenvalue weighted by Gasteiger charge is -2.28. The zero-order valence-corrected chi connectivity index (χ0v) is 16.5. The molecule has 0 spiro atoms. The maximum Gasteiger partial charge on any atom is 0.176 e. The van der Waals surface area contributed by atoms with Crippen molar-refractivity contribution in [3.05, 3.63) is 34.6 Å². The average Bonchev–Trinajstić information content (AvgIpc) is 2.71. The quantitative estimate of drug-likeness (QED) is 0.430. The van der Waals surface area contributed by atoms with Gasteiger partial charge in [0.2, 0.25) is 0 Å². The Bertz CT molecular complexity index is 635. The maximum absolute atomic E-state index is 12.8. The van der Waals surface area contributed by atoms with Crippen molar-refractivity contribution in [2.45, 2.75) is 65.9 Å².